The summed E-state index contributed by atoms with van der Waals surface area (Å²) in [4.78, 5) is 7.56. The van der Waals surface area contributed by atoms with E-state index in [9.17, 15) is 0 Å². The summed E-state index contributed by atoms with van der Waals surface area (Å²) >= 11 is 6.20. The number of methoxy groups -OCH3 is 1. The first-order valence-corrected chi connectivity index (χ1v) is 7.39. The quantitative estimate of drug-likeness (QED) is 0.904. The van der Waals surface area contributed by atoms with Crippen molar-refractivity contribution in [2.24, 2.45) is 5.41 Å². The number of nitrogens with zero attached hydrogens (tertiary/aromatic N) is 1. The highest BCUT2D eigenvalue weighted by Crippen LogP contribution is 2.70. The minimum Gasteiger partial charge on any atom is -0.497 e. The van der Waals surface area contributed by atoms with E-state index in [1.54, 1.807) is 7.11 Å². The Hall–Kier alpha value is -1.68. The number of anilines is 1. The number of aromatic nitrogens is 2. The highest BCUT2D eigenvalue weighted by Gasteiger charge is 2.60. The summed E-state index contributed by atoms with van der Waals surface area (Å²) in [5.41, 5.74) is 9.20. The fraction of sp³-hybridized carbons (Fsp3) is 0.438. The number of H-pyrrole nitrogens is 1. The predicted octanol–water partition coefficient (Wildman–Crippen LogP) is 3.87. The largest absolute Gasteiger partial charge is 0.497 e. The number of nitrogens with one attached hydrogen (secondary N) is 1. The fourth-order valence-electron chi connectivity index (χ4n) is 3.45. The van der Waals surface area contributed by atoms with Gasteiger partial charge in [-0.15, -0.1) is 0 Å². The summed E-state index contributed by atoms with van der Waals surface area (Å²) in [5, 5.41) is 0.698. The third-order valence-electron chi connectivity index (χ3n) is 4.55. The van der Waals surface area contributed by atoms with Crippen LogP contribution in [0.4, 0.5) is 5.95 Å². The number of halogens is 1. The lowest BCUT2D eigenvalue weighted by Crippen LogP contribution is -1.93. The first kappa shape index (κ1) is 14.3. The molecule has 1 heterocycles. The van der Waals surface area contributed by atoms with Gasteiger partial charge < -0.3 is 15.5 Å². The van der Waals surface area contributed by atoms with Gasteiger partial charge in [0.2, 0.25) is 0 Å². The van der Waals surface area contributed by atoms with Crippen LogP contribution in [0.1, 0.15) is 42.6 Å². The molecule has 0 unspecified atom stereocenters. The highest BCUT2D eigenvalue weighted by atomic mass is 35.5. The SMILES string of the molecule is COc1cc(Cl)cc([C@@H]2[C@@H](c3nc(N)[nH]c3C)C2(C)C)c1. The zero-order valence-electron chi connectivity index (χ0n) is 12.7. The van der Waals surface area contributed by atoms with Crippen LogP contribution in [0, 0.1) is 12.3 Å². The van der Waals surface area contributed by atoms with E-state index in [4.69, 9.17) is 22.1 Å². The van der Waals surface area contributed by atoms with Crippen molar-refractivity contribution in [3.63, 3.8) is 0 Å². The molecule has 1 aromatic heterocycles. The van der Waals surface area contributed by atoms with Gasteiger partial charge in [0.1, 0.15) is 5.75 Å². The maximum atomic E-state index is 6.20. The van der Waals surface area contributed by atoms with Crippen molar-refractivity contribution in [3.8, 4) is 5.75 Å². The van der Waals surface area contributed by atoms with Crippen LogP contribution in [-0.4, -0.2) is 17.1 Å². The van der Waals surface area contributed by atoms with Crippen LogP contribution >= 0.6 is 11.6 Å². The molecule has 0 spiro atoms. The first-order valence-electron chi connectivity index (χ1n) is 7.01. The van der Waals surface area contributed by atoms with Crippen LogP contribution in [0.25, 0.3) is 0 Å². The lowest BCUT2D eigenvalue weighted by Gasteiger charge is -2.07. The molecule has 0 bridgehead atoms. The average Bonchev–Trinajstić information content (AvgIpc) is 2.81. The number of hydrogen-bond donors (Lipinski definition) is 2. The first-order chi connectivity index (χ1) is 9.84. The molecule has 1 fully saturated rings. The van der Waals surface area contributed by atoms with Gasteiger partial charge in [-0.1, -0.05) is 25.4 Å². The lowest BCUT2D eigenvalue weighted by molar-refractivity contribution is 0.414. The average molecular weight is 306 g/mol. The summed E-state index contributed by atoms with van der Waals surface area (Å²) < 4.78 is 5.32. The maximum absolute atomic E-state index is 6.20. The summed E-state index contributed by atoms with van der Waals surface area (Å²) in [5.74, 6) is 1.98. The van der Waals surface area contributed by atoms with Crippen LogP contribution in [0.15, 0.2) is 18.2 Å². The zero-order valence-corrected chi connectivity index (χ0v) is 13.5. The molecule has 0 aliphatic heterocycles. The van der Waals surface area contributed by atoms with Crippen LogP contribution in [0.2, 0.25) is 5.02 Å². The van der Waals surface area contributed by atoms with Crippen molar-refractivity contribution in [1.82, 2.24) is 9.97 Å². The summed E-state index contributed by atoms with van der Waals surface area (Å²) in [6, 6.07) is 5.90. The Kier molecular flexibility index (Phi) is 3.17. The molecule has 112 valence electrons. The second-order valence-corrected chi connectivity index (χ2v) is 6.77. The van der Waals surface area contributed by atoms with E-state index in [0.717, 1.165) is 17.1 Å². The Morgan fingerprint density at radius 1 is 1.29 bits per heavy atom. The fourth-order valence-corrected chi connectivity index (χ4v) is 3.69. The van der Waals surface area contributed by atoms with Crippen molar-refractivity contribution in [3.05, 3.63) is 40.2 Å². The van der Waals surface area contributed by atoms with Crippen LogP contribution < -0.4 is 10.5 Å². The summed E-state index contributed by atoms with van der Waals surface area (Å²) in [7, 11) is 1.66. The van der Waals surface area contributed by atoms with E-state index >= 15 is 0 Å². The van der Waals surface area contributed by atoms with E-state index < -0.39 is 0 Å². The molecule has 2 aromatic rings. The van der Waals surface area contributed by atoms with Gasteiger partial charge in [0, 0.05) is 16.6 Å². The molecule has 1 saturated carbocycles. The van der Waals surface area contributed by atoms with Gasteiger partial charge >= 0.3 is 0 Å². The molecule has 5 heteroatoms. The molecule has 3 rings (SSSR count). The molecule has 4 nitrogen and oxygen atoms in total. The van der Waals surface area contributed by atoms with Gasteiger partial charge in [-0.3, -0.25) is 0 Å². The third kappa shape index (κ3) is 2.27. The maximum Gasteiger partial charge on any atom is 0.197 e. The molecular formula is C16H20ClN3O. The minimum atomic E-state index is 0.127. The standard InChI is InChI=1S/C16H20ClN3O/c1-8-14(20-15(18)19-8)13-12(16(13,2)3)9-5-10(17)7-11(6-9)21-4/h5-7,12-13H,1-4H3,(H3,18,19,20)/t12-,13+/m1/s1. The van der Waals surface area contributed by atoms with E-state index in [0.29, 0.717) is 22.8 Å². The molecule has 0 amide bonds. The van der Waals surface area contributed by atoms with Crippen LogP contribution in [0.3, 0.4) is 0 Å². The molecule has 3 N–H and O–H groups in total. The topological polar surface area (TPSA) is 63.9 Å². The molecule has 0 saturated heterocycles. The number of rotatable bonds is 3. The van der Waals surface area contributed by atoms with Crippen molar-refractivity contribution in [1.29, 1.82) is 0 Å². The number of ether oxygens (including phenoxy) is 1. The monoisotopic (exact) mass is 305 g/mol. The van der Waals surface area contributed by atoms with Crippen molar-refractivity contribution in [2.45, 2.75) is 32.6 Å². The third-order valence-corrected chi connectivity index (χ3v) is 4.77. The molecule has 1 aliphatic rings. The van der Waals surface area contributed by atoms with Crippen molar-refractivity contribution in [2.75, 3.05) is 12.8 Å². The Bertz CT molecular complexity index is 693. The van der Waals surface area contributed by atoms with Gasteiger partial charge in [0.25, 0.3) is 0 Å². The summed E-state index contributed by atoms with van der Waals surface area (Å²) in [6.07, 6.45) is 0. The van der Waals surface area contributed by atoms with E-state index in [-0.39, 0.29) is 5.41 Å². The van der Waals surface area contributed by atoms with Gasteiger partial charge in [-0.2, -0.15) is 0 Å². The molecule has 1 aromatic carbocycles. The zero-order chi connectivity index (χ0) is 15.4. The Balaban J connectivity index is 2.00. The van der Waals surface area contributed by atoms with Crippen LogP contribution in [-0.2, 0) is 0 Å². The highest BCUT2D eigenvalue weighted by molar-refractivity contribution is 6.30. The number of aryl methyl sites for hydroxylation is 1. The van der Waals surface area contributed by atoms with Crippen molar-refractivity contribution < 1.29 is 4.74 Å². The Morgan fingerprint density at radius 2 is 2.00 bits per heavy atom. The van der Waals surface area contributed by atoms with Gasteiger partial charge in [0.15, 0.2) is 5.95 Å². The van der Waals surface area contributed by atoms with E-state index in [1.807, 2.05) is 19.1 Å². The summed E-state index contributed by atoms with van der Waals surface area (Å²) in [6.45, 7) is 6.52. The molecular weight excluding hydrogens is 286 g/mol. The second kappa shape index (κ2) is 4.67. The number of aromatic amines is 1. The van der Waals surface area contributed by atoms with E-state index in [1.165, 1.54) is 5.56 Å². The molecule has 1 aliphatic carbocycles. The second-order valence-electron chi connectivity index (χ2n) is 6.33. The van der Waals surface area contributed by atoms with Gasteiger partial charge in [-0.25, -0.2) is 4.98 Å². The van der Waals surface area contributed by atoms with Crippen molar-refractivity contribution >= 4 is 17.5 Å². The number of hydrogen-bond acceptors (Lipinski definition) is 3. The normalized spacial score (nSPS) is 23.1. The number of benzene rings is 1. The number of nitrogens with two attached hydrogens (primary N) is 1. The number of nitrogen functional groups attached to an aromatic ring is 1. The lowest BCUT2D eigenvalue weighted by atomic mass is 10.0. The smallest absolute Gasteiger partial charge is 0.197 e. The van der Waals surface area contributed by atoms with E-state index in [2.05, 4.69) is 29.9 Å². The van der Waals surface area contributed by atoms with Gasteiger partial charge in [-0.05, 0) is 42.0 Å². The Morgan fingerprint density at radius 3 is 2.57 bits per heavy atom. The molecule has 2 atom stereocenters. The molecule has 0 radical (unpaired) electrons. The Labute approximate surface area is 129 Å². The predicted molar refractivity (Wildman–Crippen MR) is 85.0 cm³/mol. The minimum absolute atomic E-state index is 0.127. The van der Waals surface area contributed by atoms with Crippen LogP contribution in [0.5, 0.6) is 5.75 Å². The number of imidazole rings is 1. The van der Waals surface area contributed by atoms with Gasteiger partial charge in [0.05, 0.1) is 12.8 Å². The molecule has 21 heavy (non-hydrogen) atoms.